The van der Waals surface area contributed by atoms with E-state index >= 15 is 0 Å². The molecule has 7 heteroatoms. The first kappa shape index (κ1) is 20.5. The molecule has 0 aromatic heterocycles. The molecule has 0 unspecified atom stereocenters. The van der Waals surface area contributed by atoms with E-state index in [1.165, 1.54) is 6.07 Å². The fraction of sp³-hybridized carbons (Fsp3) is 0.300. The van der Waals surface area contributed by atoms with Crippen molar-refractivity contribution in [3.8, 4) is 5.75 Å². The van der Waals surface area contributed by atoms with E-state index in [1.807, 2.05) is 19.1 Å². The predicted molar refractivity (Wildman–Crippen MR) is 99.4 cm³/mol. The Balaban J connectivity index is 2.06. The zero-order valence-corrected chi connectivity index (χ0v) is 15.4. The van der Waals surface area contributed by atoms with Crippen LogP contribution in [-0.4, -0.2) is 25.1 Å². The normalized spacial score (nSPS) is 12.8. The molecule has 0 fully saturated rings. The van der Waals surface area contributed by atoms with Gasteiger partial charge in [0.15, 0.2) is 0 Å². The first-order valence-corrected chi connectivity index (χ1v) is 8.38. The number of oxime groups is 1. The standard InChI is InChI=1S/C20H21F3N2O2/c1-4-27-25-14(2)19(24-3)16-8-10-18(11-9-16)26-13-15-6-5-7-17(12-15)20(21,22)23/h5-12H,4,13H2,1-3H3/b24-19?,25-14+. The highest BCUT2D eigenvalue weighted by atomic mass is 19.4. The van der Waals surface area contributed by atoms with Crippen molar-refractivity contribution in [1.82, 2.24) is 0 Å². The number of aliphatic imine (C=N–C) groups is 1. The molecule has 2 aromatic carbocycles. The Morgan fingerprint density at radius 3 is 2.37 bits per heavy atom. The summed E-state index contributed by atoms with van der Waals surface area (Å²) in [4.78, 5) is 9.27. The number of hydrogen-bond donors (Lipinski definition) is 0. The molecule has 0 radical (unpaired) electrons. The Hall–Kier alpha value is -2.83. The maximum Gasteiger partial charge on any atom is 0.416 e. The molecular formula is C20H21F3N2O2. The van der Waals surface area contributed by atoms with E-state index in [2.05, 4.69) is 10.1 Å². The number of nitrogens with zero attached hydrogens (tertiary/aromatic N) is 2. The van der Waals surface area contributed by atoms with Gasteiger partial charge < -0.3 is 9.57 Å². The third-order valence-electron chi connectivity index (χ3n) is 3.68. The lowest BCUT2D eigenvalue weighted by atomic mass is 10.1. The molecule has 0 N–H and O–H groups in total. The van der Waals surface area contributed by atoms with Gasteiger partial charge in [0.1, 0.15) is 24.7 Å². The summed E-state index contributed by atoms with van der Waals surface area (Å²) in [6.07, 6.45) is -4.37. The molecule has 0 bridgehead atoms. The number of ether oxygens (including phenoxy) is 1. The van der Waals surface area contributed by atoms with Crippen LogP contribution in [0.5, 0.6) is 5.75 Å². The Labute approximate surface area is 156 Å². The first-order valence-electron chi connectivity index (χ1n) is 8.38. The quantitative estimate of drug-likeness (QED) is 0.496. The molecule has 2 rings (SSSR count). The number of alkyl halides is 3. The molecule has 0 spiro atoms. The third kappa shape index (κ3) is 5.84. The largest absolute Gasteiger partial charge is 0.489 e. The van der Waals surface area contributed by atoms with Crippen molar-refractivity contribution in [2.75, 3.05) is 13.7 Å². The van der Waals surface area contributed by atoms with E-state index in [0.717, 1.165) is 17.7 Å². The minimum Gasteiger partial charge on any atom is -0.489 e. The van der Waals surface area contributed by atoms with Gasteiger partial charge in [-0.25, -0.2) is 0 Å². The van der Waals surface area contributed by atoms with Crippen molar-refractivity contribution < 1.29 is 22.7 Å². The van der Waals surface area contributed by atoms with Gasteiger partial charge in [0.2, 0.25) is 0 Å². The summed E-state index contributed by atoms with van der Waals surface area (Å²) in [6, 6.07) is 12.2. The molecule has 0 aliphatic carbocycles. The Kier molecular flexibility index (Phi) is 6.98. The maximum absolute atomic E-state index is 12.8. The summed E-state index contributed by atoms with van der Waals surface area (Å²) < 4.78 is 43.9. The predicted octanol–water partition coefficient (Wildman–Crippen LogP) is 5.12. The third-order valence-corrected chi connectivity index (χ3v) is 3.68. The van der Waals surface area contributed by atoms with Crippen molar-refractivity contribution in [2.24, 2.45) is 10.1 Å². The highest BCUT2D eigenvalue weighted by Crippen LogP contribution is 2.29. The lowest BCUT2D eigenvalue weighted by Gasteiger charge is -2.11. The second kappa shape index (κ2) is 9.21. The molecular weight excluding hydrogens is 357 g/mol. The smallest absolute Gasteiger partial charge is 0.416 e. The lowest BCUT2D eigenvalue weighted by Crippen LogP contribution is -2.12. The van der Waals surface area contributed by atoms with Crippen LogP contribution < -0.4 is 4.74 Å². The number of rotatable bonds is 7. The van der Waals surface area contributed by atoms with Crippen molar-refractivity contribution in [2.45, 2.75) is 26.6 Å². The van der Waals surface area contributed by atoms with Crippen LogP contribution in [0.4, 0.5) is 13.2 Å². The van der Waals surface area contributed by atoms with E-state index in [4.69, 9.17) is 9.57 Å². The molecule has 0 amide bonds. The second-order valence-electron chi connectivity index (χ2n) is 5.68. The Morgan fingerprint density at radius 2 is 1.78 bits per heavy atom. The van der Waals surface area contributed by atoms with E-state index < -0.39 is 11.7 Å². The van der Waals surface area contributed by atoms with Crippen LogP contribution in [0.25, 0.3) is 0 Å². The molecule has 4 nitrogen and oxygen atoms in total. The molecule has 27 heavy (non-hydrogen) atoms. The van der Waals surface area contributed by atoms with Crippen molar-refractivity contribution in [3.05, 3.63) is 65.2 Å². The van der Waals surface area contributed by atoms with Crippen molar-refractivity contribution >= 4 is 11.4 Å². The average Bonchev–Trinajstić information content (AvgIpc) is 2.66. The van der Waals surface area contributed by atoms with E-state index in [1.54, 1.807) is 32.2 Å². The van der Waals surface area contributed by atoms with Crippen molar-refractivity contribution in [3.63, 3.8) is 0 Å². The second-order valence-corrected chi connectivity index (χ2v) is 5.68. The summed E-state index contributed by atoms with van der Waals surface area (Å²) in [5.74, 6) is 0.547. The molecule has 144 valence electrons. The zero-order valence-electron chi connectivity index (χ0n) is 15.4. The minimum absolute atomic E-state index is 0.0445. The van der Waals surface area contributed by atoms with Gasteiger partial charge in [-0.1, -0.05) is 17.3 Å². The van der Waals surface area contributed by atoms with Crippen LogP contribution in [0, 0.1) is 0 Å². The van der Waals surface area contributed by atoms with Crippen molar-refractivity contribution in [1.29, 1.82) is 0 Å². The topological polar surface area (TPSA) is 43.2 Å². The lowest BCUT2D eigenvalue weighted by molar-refractivity contribution is -0.137. The van der Waals surface area contributed by atoms with Gasteiger partial charge in [-0.05, 0) is 55.8 Å². The highest BCUT2D eigenvalue weighted by Gasteiger charge is 2.30. The van der Waals surface area contributed by atoms with Crippen LogP contribution in [-0.2, 0) is 17.6 Å². The summed E-state index contributed by atoms with van der Waals surface area (Å²) in [6.45, 7) is 4.16. The Morgan fingerprint density at radius 1 is 1.07 bits per heavy atom. The molecule has 0 heterocycles. The fourth-order valence-electron chi connectivity index (χ4n) is 2.42. The number of benzene rings is 2. The zero-order chi connectivity index (χ0) is 19.9. The summed E-state index contributed by atoms with van der Waals surface area (Å²) >= 11 is 0. The van der Waals surface area contributed by atoms with Gasteiger partial charge in [-0.3, -0.25) is 4.99 Å². The average molecular weight is 378 g/mol. The summed E-state index contributed by atoms with van der Waals surface area (Å²) in [7, 11) is 1.67. The van der Waals surface area contributed by atoms with E-state index in [-0.39, 0.29) is 6.61 Å². The minimum atomic E-state index is -4.37. The van der Waals surface area contributed by atoms with Crippen LogP contribution in [0.3, 0.4) is 0 Å². The van der Waals surface area contributed by atoms with Crippen LogP contribution in [0.2, 0.25) is 0 Å². The first-order chi connectivity index (χ1) is 12.8. The molecule has 0 saturated carbocycles. The van der Waals surface area contributed by atoms with Gasteiger partial charge in [0.05, 0.1) is 11.3 Å². The van der Waals surface area contributed by atoms with Gasteiger partial charge in [0, 0.05) is 12.6 Å². The summed E-state index contributed by atoms with van der Waals surface area (Å²) in [5, 5.41) is 3.98. The number of hydrogen-bond acceptors (Lipinski definition) is 4. The molecule has 2 aromatic rings. The van der Waals surface area contributed by atoms with E-state index in [0.29, 0.717) is 29.3 Å². The van der Waals surface area contributed by atoms with E-state index in [9.17, 15) is 13.2 Å². The van der Waals surface area contributed by atoms with Gasteiger partial charge >= 0.3 is 6.18 Å². The Bertz CT molecular complexity index is 813. The molecule has 0 atom stereocenters. The van der Waals surface area contributed by atoms with Crippen LogP contribution in [0.1, 0.15) is 30.5 Å². The fourth-order valence-corrected chi connectivity index (χ4v) is 2.42. The highest BCUT2D eigenvalue weighted by molar-refractivity contribution is 6.47. The van der Waals surface area contributed by atoms with Gasteiger partial charge in [0.25, 0.3) is 0 Å². The van der Waals surface area contributed by atoms with Crippen LogP contribution >= 0.6 is 0 Å². The number of halogens is 3. The molecule has 0 aliphatic rings. The maximum atomic E-state index is 12.8. The summed E-state index contributed by atoms with van der Waals surface area (Å²) in [5.41, 5.74) is 1.94. The van der Waals surface area contributed by atoms with Gasteiger partial charge in [-0.2, -0.15) is 13.2 Å². The van der Waals surface area contributed by atoms with Gasteiger partial charge in [-0.15, -0.1) is 0 Å². The monoisotopic (exact) mass is 378 g/mol. The SMILES string of the molecule is CCO/N=C(\C)C(=NC)c1ccc(OCc2cccc(C(F)(F)F)c2)cc1. The van der Waals surface area contributed by atoms with Crippen LogP contribution in [0.15, 0.2) is 58.7 Å². The molecule has 0 saturated heterocycles. The molecule has 0 aliphatic heterocycles.